The van der Waals surface area contributed by atoms with Crippen molar-refractivity contribution >= 4 is 25.8 Å². The van der Waals surface area contributed by atoms with Crippen molar-refractivity contribution in [2.75, 3.05) is 11.5 Å². The molecule has 84 valence electrons. The second-order valence-electron chi connectivity index (χ2n) is 3.27. The Morgan fingerprint density at radius 2 is 1.87 bits per heavy atom. The van der Waals surface area contributed by atoms with E-state index < -0.39 is 15.9 Å². The Bertz CT molecular complexity index is 411. The smallest absolute Gasteiger partial charge is 0.152 e. The van der Waals surface area contributed by atoms with E-state index in [1.807, 2.05) is 0 Å². The molecule has 1 atom stereocenters. The zero-order chi connectivity index (χ0) is 11.5. The third-order valence-electron chi connectivity index (χ3n) is 2.11. The van der Waals surface area contributed by atoms with E-state index in [0.29, 0.717) is 5.56 Å². The van der Waals surface area contributed by atoms with E-state index in [9.17, 15) is 13.5 Å². The van der Waals surface area contributed by atoms with E-state index in [2.05, 4.69) is 15.9 Å². The number of hydrogen-bond donors (Lipinski definition) is 1. The summed E-state index contributed by atoms with van der Waals surface area (Å²) in [5, 5.41) is 9.68. The second kappa shape index (κ2) is 5.09. The van der Waals surface area contributed by atoms with Crippen molar-refractivity contribution in [2.45, 2.75) is 13.0 Å². The van der Waals surface area contributed by atoms with Crippen LogP contribution in [0.4, 0.5) is 0 Å². The normalized spacial score (nSPS) is 13.8. The summed E-state index contributed by atoms with van der Waals surface area (Å²) in [4.78, 5) is 0. The molecule has 1 N–H and O–H groups in total. The van der Waals surface area contributed by atoms with E-state index in [4.69, 9.17) is 0 Å². The van der Waals surface area contributed by atoms with Crippen molar-refractivity contribution in [1.29, 1.82) is 0 Å². The fourth-order valence-electron chi connectivity index (χ4n) is 1.14. The first-order valence-electron chi connectivity index (χ1n) is 4.58. The quantitative estimate of drug-likeness (QED) is 0.922. The summed E-state index contributed by atoms with van der Waals surface area (Å²) in [7, 11) is -3.14. The number of benzene rings is 1. The highest BCUT2D eigenvalue weighted by atomic mass is 79.9. The SMILES string of the molecule is CCS(=O)(=O)CC(O)c1ccc(Br)cc1. The van der Waals surface area contributed by atoms with Crippen molar-refractivity contribution in [3.05, 3.63) is 34.3 Å². The molecular weight excluding hydrogens is 280 g/mol. The van der Waals surface area contributed by atoms with Crippen LogP contribution in [0.25, 0.3) is 0 Å². The number of hydrogen-bond acceptors (Lipinski definition) is 3. The van der Waals surface area contributed by atoms with E-state index in [1.165, 1.54) is 0 Å². The van der Waals surface area contributed by atoms with Crippen LogP contribution in [0.2, 0.25) is 0 Å². The third-order valence-corrected chi connectivity index (χ3v) is 4.34. The Balaban J connectivity index is 2.78. The Morgan fingerprint density at radius 1 is 1.33 bits per heavy atom. The van der Waals surface area contributed by atoms with Crippen molar-refractivity contribution in [3.8, 4) is 0 Å². The molecule has 0 saturated heterocycles. The van der Waals surface area contributed by atoms with Gasteiger partial charge < -0.3 is 5.11 Å². The molecule has 0 bridgehead atoms. The lowest BCUT2D eigenvalue weighted by Crippen LogP contribution is -2.16. The molecule has 0 aliphatic carbocycles. The van der Waals surface area contributed by atoms with Crippen LogP contribution in [0.3, 0.4) is 0 Å². The van der Waals surface area contributed by atoms with E-state index in [-0.39, 0.29) is 11.5 Å². The Kier molecular flexibility index (Phi) is 4.31. The van der Waals surface area contributed by atoms with Crippen LogP contribution < -0.4 is 0 Å². The van der Waals surface area contributed by atoms with Crippen LogP contribution in [-0.2, 0) is 9.84 Å². The maximum atomic E-state index is 11.3. The van der Waals surface area contributed by atoms with Gasteiger partial charge in [-0.05, 0) is 17.7 Å². The highest BCUT2D eigenvalue weighted by Crippen LogP contribution is 2.18. The van der Waals surface area contributed by atoms with Crippen LogP contribution >= 0.6 is 15.9 Å². The molecular formula is C10H13BrO3S. The predicted octanol–water partition coefficient (Wildman–Crippen LogP) is 1.92. The highest BCUT2D eigenvalue weighted by molar-refractivity contribution is 9.10. The molecule has 0 heterocycles. The van der Waals surface area contributed by atoms with Crippen molar-refractivity contribution in [3.63, 3.8) is 0 Å². The Morgan fingerprint density at radius 3 is 2.33 bits per heavy atom. The monoisotopic (exact) mass is 292 g/mol. The number of aliphatic hydroxyl groups is 1. The fraction of sp³-hybridized carbons (Fsp3) is 0.400. The highest BCUT2D eigenvalue weighted by Gasteiger charge is 2.16. The van der Waals surface area contributed by atoms with Gasteiger partial charge in [0.15, 0.2) is 9.84 Å². The average Bonchev–Trinajstić information content (AvgIpc) is 2.18. The topological polar surface area (TPSA) is 54.4 Å². The van der Waals surface area contributed by atoms with Gasteiger partial charge in [0.1, 0.15) is 0 Å². The molecule has 0 aliphatic heterocycles. The first-order chi connectivity index (χ1) is 6.94. The van der Waals surface area contributed by atoms with Gasteiger partial charge in [-0.2, -0.15) is 0 Å². The van der Waals surface area contributed by atoms with Gasteiger partial charge in [-0.25, -0.2) is 8.42 Å². The third kappa shape index (κ3) is 3.93. The number of rotatable bonds is 4. The lowest BCUT2D eigenvalue weighted by Gasteiger charge is -2.10. The lowest BCUT2D eigenvalue weighted by atomic mass is 10.1. The summed E-state index contributed by atoms with van der Waals surface area (Å²) < 4.78 is 23.5. The molecule has 0 amide bonds. The van der Waals surface area contributed by atoms with Crippen LogP contribution in [0, 0.1) is 0 Å². The van der Waals surface area contributed by atoms with Crippen molar-refractivity contribution in [2.24, 2.45) is 0 Å². The van der Waals surface area contributed by atoms with Gasteiger partial charge in [0.2, 0.25) is 0 Å². The fourth-order valence-corrected chi connectivity index (χ4v) is 2.31. The van der Waals surface area contributed by atoms with E-state index >= 15 is 0 Å². The van der Waals surface area contributed by atoms with E-state index in [0.717, 1.165) is 4.47 Å². The average molecular weight is 293 g/mol. The molecule has 5 heteroatoms. The van der Waals surface area contributed by atoms with Gasteiger partial charge in [0, 0.05) is 10.2 Å². The predicted molar refractivity (Wildman–Crippen MR) is 63.4 cm³/mol. The minimum absolute atomic E-state index is 0.0561. The van der Waals surface area contributed by atoms with Gasteiger partial charge in [-0.1, -0.05) is 35.0 Å². The summed E-state index contributed by atoms with van der Waals surface area (Å²) in [5.74, 6) is -0.161. The summed E-state index contributed by atoms with van der Waals surface area (Å²) >= 11 is 3.27. The zero-order valence-corrected chi connectivity index (χ0v) is 10.8. The molecule has 0 radical (unpaired) electrons. The number of aliphatic hydroxyl groups excluding tert-OH is 1. The second-order valence-corrected chi connectivity index (χ2v) is 6.58. The maximum Gasteiger partial charge on any atom is 0.152 e. The molecule has 1 rings (SSSR count). The van der Waals surface area contributed by atoms with Crippen LogP contribution in [0.5, 0.6) is 0 Å². The lowest BCUT2D eigenvalue weighted by molar-refractivity contribution is 0.201. The summed E-state index contributed by atoms with van der Waals surface area (Å²) in [6.45, 7) is 1.57. The van der Waals surface area contributed by atoms with Crippen LogP contribution in [0.1, 0.15) is 18.6 Å². The molecule has 15 heavy (non-hydrogen) atoms. The van der Waals surface area contributed by atoms with Gasteiger partial charge in [-0.15, -0.1) is 0 Å². The van der Waals surface area contributed by atoms with Gasteiger partial charge in [-0.3, -0.25) is 0 Å². The molecule has 0 aliphatic rings. The minimum atomic E-state index is -3.14. The molecule has 0 spiro atoms. The van der Waals surface area contributed by atoms with Crippen molar-refractivity contribution in [1.82, 2.24) is 0 Å². The molecule has 1 aromatic carbocycles. The summed E-state index contributed by atoms with van der Waals surface area (Å²) in [5.41, 5.74) is 0.621. The molecule has 1 unspecified atom stereocenters. The van der Waals surface area contributed by atoms with Crippen LogP contribution in [0.15, 0.2) is 28.7 Å². The standard InChI is InChI=1S/C10H13BrO3S/c1-2-15(13,14)7-10(12)8-3-5-9(11)6-4-8/h3-6,10,12H,2,7H2,1H3. The molecule has 0 saturated carbocycles. The van der Waals surface area contributed by atoms with Crippen LogP contribution in [-0.4, -0.2) is 25.0 Å². The minimum Gasteiger partial charge on any atom is -0.387 e. The zero-order valence-electron chi connectivity index (χ0n) is 8.35. The largest absolute Gasteiger partial charge is 0.387 e. The maximum absolute atomic E-state index is 11.3. The molecule has 3 nitrogen and oxygen atoms in total. The van der Waals surface area contributed by atoms with Gasteiger partial charge >= 0.3 is 0 Å². The van der Waals surface area contributed by atoms with Crippen molar-refractivity contribution < 1.29 is 13.5 Å². The molecule has 0 aromatic heterocycles. The Hall–Kier alpha value is -0.390. The Labute approximate surface area is 98.2 Å². The first-order valence-corrected chi connectivity index (χ1v) is 7.20. The number of sulfone groups is 1. The summed E-state index contributed by atoms with van der Waals surface area (Å²) in [6, 6.07) is 6.97. The van der Waals surface area contributed by atoms with Gasteiger partial charge in [0.05, 0.1) is 11.9 Å². The first kappa shape index (κ1) is 12.7. The van der Waals surface area contributed by atoms with Gasteiger partial charge in [0.25, 0.3) is 0 Å². The molecule has 1 aromatic rings. The summed E-state index contributed by atoms with van der Waals surface area (Å²) in [6.07, 6.45) is -0.942. The molecule has 0 fully saturated rings. The number of halogens is 1. The van der Waals surface area contributed by atoms with E-state index in [1.54, 1.807) is 31.2 Å².